The maximum atomic E-state index is 13.7. The summed E-state index contributed by atoms with van der Waals surface area (Å²) >= 11 is 1.12. The van der Waals surface area contributed by atoms with Crippen LogP contribution in [0.5, 0.6) is 0 Å². The van der Waals surface area contributed by atoms with Crippen LogP contribution >= 0.6 is 11.8 Å². The summed E-state index contributed by atoms with van der Waals surface area (Å²) in [6.45, 7) is 1.91. The van der Waals surface area contributed by atoms with E-state index in [9.17, 15) is 17.6 Å². The number of carbonyl (C=O) groups excluding carboxylic acids is 1. The van der Waals surface area contributed by atoms with Crippen molar-refractivity contribution in [1.29, 1.82) is 0 Å². The lowest BCUT2D eigenvalue weighted by Crippen LogP contribution is -2.34. The Hall–Kier alpha value is -3.76. The Bertz CT molecular complexity index is 1580. The molecule has 1 N–H and O–H groups in total. The first-order chi connectivity index (χ1) is 17.3. The molecule has 0 unspecified atom stereocenters. The smallest absolute Gasteiger partial charge is 0.268 e. The molecular weight excluding hydrogens is 499 g/mol. The van der Waals surface area contributed by atoms with Crippen LogP contribution in [0.1, 0.15) is 11.1 Å². The van der Waals surface area contributed by atoms with Crippen molar-refractivity contribution in [2.24, 2.45) is 0 Å². The molecule has 1 aliphatic rings. The van der Waals surface area contributed by atoms with Crippen molar-refractivity contribution >= 4 is 39.1 Å². The molecule has 0 radical (unpaired) electrons. The topological polar surface area (TPSA) is 92.3 Å². The second-order valence-electron chi connectivity index (χ2n) is 8.23. The molecule has 1 amide bonds. The Morgan fingerprint density at radius 2 is 1.86 bits per heavy atom. The zero-order chi connectivity index (χ0) is 25.3. The fourth-order valence-electron chi connectivity index (χ4n) is 3.97. The Balaban J connectivity index is 1.41. The van der Waals surface area contributed by atoms with Crippen molar-refractivity contribution in [2.45, 2.75) is 23.5 Å². The van der Waals surface area contributed by atoms with Gasteiger partial charge in [-0.05, 0) is 48.4 Å². The predicted molar refractivity (Wildman–Crippen MR) is 138 cm³/mol. The van der Waals surface area contributed by atoms with Gasteiger partial charge in [0.25, 0.3) is 10.0 Å². The minimum Gasteiger partial charge on any atom is -0.325 e. The first-order valence-electron chi connectivity index (χ1n) is 11.0. The average molecular weight is 521 g/mol. The van der Waals surface area contributed by atoms with E-state index in [4.69, 9.17) is 0 Å². The fourth-order valence-corrected chi connectivity index (χ4v) is 6.14. The van der Waals surface area contributed by atoms with Gasteiger partial charge in [-0.3, -0.25) is 9.10 Å². The van der Waals surface area contributed by atoms with Crippen molar-refractivity contribution in [3.63, 3.8) is 0 Å². The highest BCUT2D eigenvalue weighted by Gasteiger charge is 2.36. The largest absolute Gasteiger partial charge is 0.325 e. The summed E-state index contributed by atoms with van der Waals surface area (Å²) < 4.78 is 42.1. The number of hydrogen-bond acceptors (Lipinski definition) is 6. The number of benzene rings is 3. The van der Waals surface area contributed by atoms with E-state index in [1.54, 1.807) is 36.4 Å². The van der Waals surface area contributed by atoms with Gasteiger partial charge in [-0.1, -0.05) is 54.2 Å². The maximum absolute atomic E-state index is 13.7. The average Bonchev–Trinajstić information content (AvgIpc) is 2.85. The molecule has 0 saturated heterocycles. The molecule has 4 aromatic rings. The number of anilines is 2. The van der Waals surface area contributed by atoms with E-state index < -0.39 is 15.8 Å². The van der Waals surface area contributed by atoms with Gasteiger partial charge >= 0.3 is 0 Å². The van der Waals surface area contributed by atoms with Crippen LogP contribution in [0, 0.1) is 12.7 Å². The van der Waals surface area contributed by atoms with Crippen LogP contribution in [0.2, 0.25) is 0 Å². The number of aryl methyl sites for hydroxylation is 1. The number of hydrogen-bond donors (Lipinski definition) is 1. The zero-order valence-corrected chi connectivity index (χ0v) is 20.8. The molecule has 0 saturated carbocycles. The lowest BCUT2D eigenvalue weighted by atomic mass is 10.1. The molecule has 0 aliphatic carbocycles. The molecule has 5 rings (SSSR count). The monoisotopic (exact) mass is 520 g/mol. The molecule has 0 spiro atoms. The predicted octanol–water partition coefficient (Wildman–Crippen LogP) is 5.03. The van der Waals surface area contributed by atoms with Crippen LogP contribution in [-0.2, 0) is 21.4 Å². The van der Waals surface area contributed by atoms with Gasteiger partial charge in [-0.15, -0.1) is 0 Å². The summed E-state index contributed by atoms with van der Waals surface area (Å²) in [7, 11) is -4.00. The number of rotatable bonds is 6. The van der Waals surface area contributed by atoms with Crippen molar-refractivity contribution in [2.75, 3.05) is 15.4 Å². The number of thioether (sulfide) groups is 1. The zero-order valence-electron chi connectivity index (χ0n) is 19.2. The minimum absolute atomic E-state index is 0.0355. The number of nitrogens with one attached hydrogen (secondary N) is 1. The lowest BCUT2D eigenvalue weighted by molar-refractivity contribution is -0.113. The van der Waals surface area contributed by atoms with Crippen molar-refractivity contribution in [1.82, 2.24) is 9.97 Å². The second kappa shape index (κ2) is 9.71. The highest BCUT2D eigenvalue weighted by atomic mass is 32.2. The molecule has 10 heteroatoms. The summed E-state index contributed by atoms with van der Waals surface area (Å²) in [4.78, 5) is 21.1. The SMILES string of the molecule is Cc1cccc(NC(=O)CSc2ncc3c(n2)-c2ccccc2N(Cc2cccc(F)c2)S3(=O)=O)c1. The third kappa shape index (κ3) is 4.82. The molecule has 7 nitrogen and oxygen atoms in total. The molecular formula is C26H21FN4O3S2. The fraction of sp³-hybridized carbons (Fsp3) is 0.115. The van der Waals surface area contributed by atoms with Gasteiger partial charge in [0.05, 0.1) is 29.9 Å². The van der Waals surface area contributed by atoms with Crippen LogP contribution in [0.4, 0.5) is 15.8 Å². The van der Waals surface area contributed by atoms with E-state index in [0.29, 0.717) is 22.5 Å². The molecule has 1 aliphatic heterocycles. The van der Waals surface area contributed by atoms with Crippen molar-refractivity contribution in [3.8, 4) is 11.3 Å². The quantitative estimate of drug-likeness (QED) is 0.283. The van der Waals surface area contributed by atoms with Gasteiger partial charge < -0.3 is 5.32 Å². The third-order valence-electron chi connectivity index (χ3n) is 5.58. The van der Waals surface area contributed by atoms with E-state index in [0.717, 1.165) is 17.3 Å². The van der Waals surface area contributed by atoms with Crippen LogP contribution in [-0.4, -0.2) is 30.0 Å². The van der Waals surface area contributed by atoms with E-state index in [2.05, 4.69) is 15.3 Å². The Morgan fingerprint density at radius 1 is 1.06 bits per heavy atom. The first-order valence-corrected chi connectivity index (χ1v) is 13.5. The Labute approximate surface area is 212 Å². The Morgan fingerprint density at radius 3 is 2.67 bits per heavy atom. The number of para-hydroxylation sites is 1. The van der Waals surface area contributed by atoms with Crippen molar-refractivity contribution in [3.05, 3.63) is 95.9 Å². The molecule has 3 aromatic carbocycles. The van der Waals surface area contributed by atoms with Gasteiger partial charge in [0, 0.05) is 11.3 Å². The summed E-state index contributed by atoms with van der Waals surface area (Å²) in [5.74, 6) is -0.597. The highest BCUT2D eigenvalue weighted by Crippen LogP contribution is 2.42. The van der Waals surface area contributed by atoms with E-state index in [1.165, 1.54) is 22.6 Å². The number of fused-ring (bicyclic) bond motifs is 3. The Kier molecular flexibility index (Phi) is 6.46. The van der Waals surface area contributed by atoms with Crippen LogP contribution in [0.25, 0.3) is 11.3 Å². The van der Waals surface area contributed by atoms with Gasteiger partial charge in [0.1, 0.15) is 10.7 Å². The van der Waals surface area contributed by atoms with E-state index in [-0.39, 0.29) is 34.0 Å². The van der Waals surface area contributed by atoms with E-state index in [1.807, 2.05) is 31.2 Å². The van der Waals surface area contributed by atoms with Crippen LogP contribution in [0.15, 0.2) is 89.0 Å². The maximum Gasteiger partial charge on any atom is 0.268 e. The number of aromatic nitrogens is 2. The van der Waals surface area contributed by atoms with Crippen LogP contribution in [0.3, 0.4) is 0 Å². The normalized spacial score (nSPS) is 13.6. The third-order valence-corrected chi connectivity index (χ3v) is 8.20. The lowest BCUT2D eigenvalue weighted by Gasteiger charge is -2.31. The van der Waals surface area contributed by atoms with Gasteiger partial charge in [0.15, 0.2) is 5.16 Å². The summed E-state index contributed by atoms with van der Waals surface area (Å²) in [6, 6.07) is 20.3. The van der Waals surface area contributed by atoms with Gasteiger partial charge in [-0.2, -0.15) is 0 Å². The standard InChI is InChI=1S/C26H21FN4O3S2/c1-17-6-4-9-20(12-17)29-24(32)16-35-26-28-14-23-25(30-26)21-10-2-3-11-22(21)31(36(23,33)34)15-18-7-5-8-19(27)13-18/h2-14H,15-16H2,1H3,(H,29,32). The number of sulfonamides is 1. The molecule has 1 aromatic heterocycles. The van der Waals surface area contributed by atoms with Gasteiger partial charge in [0.2, 0.25) is 5.91 Å². The molecule has 0 bridgehead atoms. The molecule has 182 valence electrons. The van der Waals surface area contributed by atoms with E-state index >= 15 is 0 Å². The summed E-state index contributed by atoms with van der Waals surface area (Å²) in [6.07, 6.45) is 1.27. The second-order valence-corrected chi connectivity index (χ2v) is 11.0. The molecule has 2 heterocycles. The summed E-state index contributed by atoms with van der Waals surface area (Å²) in [5.41, 5.74) is 3.59. The number of halogens is 1. The molecule has 36 heavy (non-hydrogen) atoms. The molecule has 0 atom stereocenters. The molecule has 0 fully saturated rings. The minimum atomic E-state index is -4.00. The number of nitrogens with zero attached hydrogens (tertiary/aromatic N) is 3. The van der Waals surface area contributed by atoms with Crippen LogP contribution < -0.4 is 9.62 Å². The highest BCUT2D eigenvalue weighted by molar-refractivity contribution is 7.99. The van der Waals surface area contributed by atoms with Gasteiger partial charge in [-0.25, -0.2) is 22.8 Å². The number of carbonyl (C=O) groups is 1. The van der Waals surface area contributed by atoms with Crippen molar-refractivity contribution < 1.29 is 17.6 Å². The first kappa shape index (κ1) is 24.0. The summed E-state index contributed by atoms with van der Waals surface area (Å²) in [5, 5.41) is 3.12. The number of amides is 1.